The summed E-state index contributed by atoms with van der Waals surface area (Å²) in [5.41, 5.74) is 3.15. The highest BCUT2D eigenvalue weighted by atomic mass is 19.1. The van der Waals surface area contributed by atoms with Crippen molar-refractivity contribution in [2.24, 2.45) is 5.92 Å². The van der Waals surface area contributed by atoms with Crippen LogP contribution >= 0.6 is 0 Å². The number of aliphatic carboxylic acids is 1. The standard InChI is InChI=1S/C28H32FN3O6/c1-15-7-9-19-21(31(15)28(36)38-3)10-11-22-24(19)30-26(25(33)20-14-17(29)8-12-23(20)37-2)32(22)18-6-4-5-16(13-18)27(34)35/h8,10-12,14-16,18,25,33H,4-7,9,13H2,1-3H3,(H,34,35)/t15-,16-,18?,25-/m1/s1. The Balaban J connectivity index is 1.72. The van der Waals surface area contributed by atoms with Crippen LogP contribution in [0.3, 0.4) is 0 Å². The van der Waals surface area contributed by atoms with Crippen LogP contribution in [0.2, 0.25) is 0 Å². The van der Waals surface area contributed by atoms with Gasteiger partial charge in [0.2, 0.25) is 0 Å². The monoisotopic (exact) mass is 525 g/mol. The number of aromatic nitrogens is 2. The second-order valence-electron chi connectivity index (χ2n) is 10.1. The molecular formula is C28H32FN3O6. The Labute approximate surface area is 219 Å². The van der Waals surface area contributed by atoms with Crippen LogP contribution in [0.4, 0.5) is 14.9 Å². The normalized spacial score (nSPS) is 22.1. The molecule has 2 heterocycles. The van der Waals surface area contributed by atoms with Crippen LogP contribution in [0.5, 0.6) is 5.75 Å². The Morgan fingerprint density at radius 3 is 2.66 bits per heavy atom. The second-order valence-corrected chi connectivity index (χ2v) is 10.1. The number of ether oxygens (including phenoxy) is 2. The number of nitrogens with zero attached hydrogens (tertiary/aromatic N) is 3. The number of hydrogen-bond acceptors (Lipinski definition) is 6. The first-order chi connectivity index (χ1) is 18.2. The topological polar surface area (TPSA) is 114 Å². The summed E-state index contributed by atoms with van der Waals surface area (Å²) in [4.78, 5) is 31.0. The molecule has 0 bridgehead atoms. The number of rotatable bonds is 5. The van der Waals surface area contributed by atoms with Gasteiger partial charge >= 0.3 is 12.1 Å². The van der Waals surface area contributed by atoms with E-state index >= 15 is 0 Å². The third kappa shape index (κ3) is 4.36. The number of benzene rings is 2. The van der Waals surface area contributed by atoms with Gasteiger partial charge in [0.15, 0.2) is 0 Å². The molecule has 9 nitrogen and oxygen atoms in total. The number of carboxylic acid groups (broad SMARTS) is 1. The molecule has 4 atom stereocenters. The van der Waals surface area contributed by atoms with Crippen LogP contribution in [-0.4, -0.2) is 52.1 Å². The van der Waals surface area contributed by atoms with Gasteiger partial charge in [0.1, 0.15) is 23.5 Å². The number of aliphatic hydroxyl groups excluding tert-OH is 1. The lowest BCUT2D eigenvalue weighted by molar-refractivity contribution is -0.143. The fourth-order valence-electron chi connectivity index (χ4n) is 6.05. The van der Waals surface area contributed by atoms with Gasteiger partial charge in [0.05, 0.1) is 36.9 Å². The maximum absolute atomic E-state index is 14.3. The van der Waals surface area contributed by atoms with Crippen molar-refractivity contribution in [3.05, 3.63) is 53.1 Å². The van der Waals surface area contributed by atoms with Crippen LogP contribution < -0.4 is 9.64 Å². The number of carboxylic acids is 1. The SMILES string of the molecule is COC(=O)N1c2ccc3c(nc([C@H](O)c4cc(F)ccc4OC)n3C3CCC[C@@H](C(=O)O)C3)c2CC[C@H]1C. The van der Waals surface area contributed by atoms with Crippen LogP contribution in [0.1, 0.15) is 68.1 Å². The summed E-state index contributed by atoms with van der Waals surface area (Å²) in [6.07, 6.45) is 2.01. The molecule has 1 amide bonds. The number of amides is 1. The number of anilines is 1. The number of imidazole rings is 1. The van der Waals surface area contributed by atoms with Gasteiger partial charge in [0.25, 0.3) is 0 Å². The molecule has 1 fully saturated rings. The van der Waals surface area contributed by atoms with E-state index in [4.69, 9.17) is 14.5 Å². The molecule has 2 aliphatic rings. The molecule has 38 heavy (non-hydrogen) atoms. The van der Waals surface area contributed by atoms with Gasteiger partial charge in [-0.15, -0.1) is 0 Å². The Morgan fingerprint density at radius 1 is 1.16 bits per heavy atom. The van der Waals surface area contributed by atoms with E-state index in [0.29, 0.717) is 42.6 Å². The number of methoxy groups -OCH3 is 2. The molecule has 1 saturated carbocycles. The second kappa shape index (κ2) is 10.2. The van der Waals surface area contributed by atoms with Crippen molar-refractivity contribution >= 4 is 28.8 Å². The molecular weight excluding hydrogens is 493 g/mol. The van der Waals surface area contributed by atoms with Crippen molar-refractivity contribution in [1.82, 2.24) is 9.55 Å². The molecule has 1 aliphatic heterocycles. The summed E-state index contributed by atoms with van der Waals surface area (Å²) in [6, 6.07) is 7.37. The molecule has 202 valence electrons. The smallest absolute Gasteiger partial charge is 0.414 e. The van der Waals surface area contributed by atoms with Gasteiger partial charge in [0, 0.05) is 23.2 Å². The molecule has 3 aromatic rings. The molecule has 0 spiro atoms. The van der Waals surface area contributed by atoms with Gasteiger partial charge in [-0.1, -0.05) is 6.42 Å². The fourth-order valence-corrected chi connectivity index (χ4v) is 6.05. The number of carbonyl (C=O) groups excluding carboxylic acids is 1. The van der Waals surface area contributed by atoms with Crippen LogP contribution in [0.25, 0.3) is 11.0 Å². The van der Waals surface area contributed by atoms with E-state index in [1.54, 1.807) is 4.90 Å². The van der Waals surface area contributed by atoms with E-state index in [1.165, 1.54) is 32.4 Å². The van der Waals surface area contributed by atoms with Crippen molar-refractivity contribution in [2.75, 3.05) is 19.1 Å². The van der Waals surface area contributed by atoms with E-state index in [2.05, 4.69) is 0 Å². The van der Waals surface area contributed by atoms with Crippen molar-refractivity contribution in [1.29, 1.82) is 0 Å². The minimum Gasteiger partial charge on any atom is -0.496 e. The third-order valence-electron chi connectivity index (χ3n) is 7.94. The minimum absolute atomic E-state index is 0.0641. The highest BCUT2D eigenvalue weighted by Crippen LogP contribution is 2.43. The molecule has 1 aromatic heterocycles. The number of halogens is 1. The maximum Gasteiger partial charge on any atom is 0.414 e. The molecule has 5 rings (SSSR count). The first-order valence-corrected chi connectivity index (χ1v) is 12.9. The van der Waals surface area contributed by atoms with Crippen molar-refractivity contribution in [2.45, 2.75) is 63.6 Å². The Bertz CT molecular complexity index is 1390. The zero-order valence-electron chi connectivity index (χ0n) is 21.7. The Kier molecular flexibility index (Phi) is 7.00. The fraction of sp³-hybridized carbons (Fsp3) is 0.464. The number of hydrogen-bond donors (Lipinski definition) is 2. The van der Waals surface area contributed by atoms with Crippen molar-refractivity contribution < 1.29 is 33.7 Å². The van der Waals surface area contributed by atoms with E-state index < -0.39 is 29.9 Å². The average molecular weight is 526 g/mol. The number of aryl methyl sites for hydroxylation is 1. The third-order valence-corrected chi connectivity index (χ3v) is 7.94. The predicted octanol–water partition coefficient (Wildman–Crippen LogP) is 4.99. The first-order valence-electron chi connectivity index (χ1n) is 12.9. The summed E-state index contributed by atoms with van der Waals surface area (Å²) in [5.74, 6) is -1.26. The first kappa shape index (κ1) is 26.0. The Hall–Kier alpha value is -3.66. The highest BCUT2D eigenvalue weighted by molar-refractivity contribution is 5.95. The van der Waals surface area contributed by atoms with Gasteiger partial charge in [-0.2, -0.15) is 0 Å². The predicted molar refractivity (Wildman–Crippen MR) is 138 cm³/mol. The Morgan fingerprint density at radius 2 is 1.95 bits per heavy atom. The van der Waals surface area contributed by atoms with E-state index in [-0.39, 0.29) is 23.5 Å². The summed E-state index contributed by atoms with van der Waals surface area (Å²) in [5, 5.41) is 21.3. The summed E-state index contributed by atoms with van der Waals surface area (Å²) >= 11 is 0. The van der Waals surface area contributed by atoms with Crippen LogP contribution in [0, 0.1) is 11.7 Å². The lowest BCUT2D eigenvalue weighted by Crippen LogP contribution is -2.42. The quantitative estimate of drug-likeness (QED) is 0.482. The molecule has 10 heteroatoms. The van der Waals surface area contributed by atoms with Gasteiger partial charge in [-0.3, -0.25) is 9.69 Å². The average Bonchev–Trinajstić information content (AvgIpc) is 3.32. The summed E-state index contributed by atoms with van der Waals surface area (Å²) < 4.78 is 26.6. The maximum atomic E-state index is 14.3. The molecule has 0 radical (unpaired) electrons. The molecule has 2 N–H and O–H groups in total. The zero-order valence-corrected chi connectivity index (χ0v) is 21.7. The lowest BCUT2D eigenvalue weighted by atomic mass is 9.85. The van der Waals surface area contributed by atoms with E-state index in [9.17, 15) is 24.2 Å². The zero-order chi connectivity index (χ0) is 27.1. The largest absolute Gasteiger partial charge is 0.496 e. The van der Waals surface area contributed by atoms with Crippen LogP contribution in [0.15, 0.2) is 30.3 Å². The highest BCUT2D eigenvalue weighted by Gasteiger charge is 2.36. The lowest BCUT2D eigenvalue weighted by Gasteiger charge is -2.34. The van der Waals surface area contributed by atoms with Crippen molar-refractivity contribution in [3.8, 4) is 5.75 Å². The number of carbonyl (C=O) groups is 2. The van der Waals surface area contributed by atoms with Gasteiger partial charge in [-0.25, -0.2) is 14.2 Å². The van der Waals surface area contributed by atoms with Gasteiger partial charge < -0.3 is 24.3 Å². The molecule has 2 aromatic carbocycles. The van der Waals surface area contributed by atoms with Crippen LogP contribution in [-0.2, 0) is 16.0 Å². The minimum atomic E-state index is -1.33. The van der Waals surface area contributed by atoms with Gasteiger partial charge in [-0.05, 0) is 69.4 Å². The molecule has 0 saturated heterocycles. The van der Waals surface area contributed by atoms with E-state index in [1.807, 2.05) is 23.6 Å². The van der Waals surface area contributed by atoms with E-state index in [0.717, 1.165) is 23.9 Å². The van der Waals surface area contributed by atoms with Crippen molar-refractivity contribution in [3.63, 3.8) is 0 Å². The number of aliphatic hydroxyl groups is 1. The summed E-state index contributed by atoms with van der Waals surface area (Å²) in [6.45, 7) is 1.96. The molecule has 1 aliphatic carbocycles. The number of fused-ring (bicyclic) bond motifs is 3. The molecule has 1 unspecified atom stereocenters. The summed E-state index contributed by atoms with van der Waals surface area (Å²) in [7, 11) is 2.79.